The largest absolute Gasteiger partial charge is 0.378 e. The fourth-order valence-electron chi connectivity index (χ4n) is 3.41. The van der Waals surface area contributed by atoms with Crippen LogP contribution in [-0.2, 0) is 4.74 Å². The predicted molar refractivity (Wildman–Crippen MR) is 72.1 cm³/mol. The van der Waals surface area contributed by atoms with Crippen molar-refractivity contribution in [2.24, 2.45) is 5.73 Å². The average molecular weight is 239 g/mol. The fraction of sp³-hybridized carbons (Fsp3) is 1.00. The smallest absolute Gasteiger partial charge is 0.0576 e. The van der Waals surface area contributed by atoms with E-state index in [1.165, 1.54) is 77.0 Å². The summed E-state index contributed by atoms with van der Waals surface area (Å²) < 4.78 is 5.68. The van der Waals surface area contributed by atoms with E-state index in [4.69, 9.17) is 10.5 Å². The molecule has 0 spiro atoms. The molecule has 17 heavy (non-hydrogen) atoms. The number of rotatable bonds is 4. The highest BCUT2D eigenvalue weighted by atomic mass is 16.5. The zero-order valence-electron chi connectivity index (χ0n) is 11.3. The third kappa shape index (κ3) is 4.59. The van der Waals surface area contributed by atoms with Crippen LogP contribution in [0, 0.1) is 0 Å². The van der Waals surface area contributed by atoms with Gasteiger partial charge in [0, 0.05) is 12.1 Å². The van der Waals surface area contributed by atoms with Crippen LogP contribution in [0.3, 0.4) is 0 Å². The zero-order chi connectivity index (χ0) is 12.0. The number of hydrogen-bond acceptors (Lipinski definition) is 2. The molecule has 2 N–H and O–H groups in total. The monoisotopic (exact) mass is 239 g/mol. The molecule has 1 atom stereocenters. The van der Waals surface area contributed by atoms with Gasteiger partial charge in [0.25, 0.3) is 0 Å². The van der Waals surface area contributed by atoms with Gasteiger partial charge in [-0.3, -0.25) is 0 Å². The Bertz CT molecular complexity index is 203. The molecule has 2 fully saturated rings. The minimum Gasteiger partial charge on any atom is -0.378 e. The number of ether oxygens (including phenoxy) is 1. The van der Waals surface area contributed by atoms with Crippen molar-refractivity contribution in [1.82, 2.24) is 0 Å². The van der Waals surface area contributed by atoms with Crippen LogP contribution in [0.5, 0.6) is 0 Å². The van der Waals surface area contributed by atoms with Crippen LogP contribution >= 0.6 is 0 Å². The minimum absolute atomic E-state index is 0.152. The molecule has 0 aromatic carbocycles. The molecule has 2 aliphatic rings. The van der Waals surface area contributed by atoms with E-state index in [2.05, 4.69) is 0 Å². The highest BCUT2D eigenvalue weighted by molar-refractivity contribution is 4.85. The van der Waals surface area contributed by atoms with Crippen LogP contribution < -0.4 is 5.73 Å². The normalized spacial score (nSPS) is 29.8. The van der Waals surface area contributed by atoms with Crippen molar-refractivity contribution in [3.63, 3.8) is 0 Å². The fourth-order valence-corrected chi connectivity index (χ4v) is 3.41. The van der Waals surface area contributed by atoms with E-state index in [-0.39, 0.29) is 5.54 Å². The van der Waals surface area contributed by atoms with E-state index in [0.29, 0.717) is 6.10 Å². The van der Waals surface area contributed by atoms with Gasteiger partial charge in [-0.15, -0.1) is 0 Å². The maximum atomic E-state index is 6.57. The molecular formula is C15H29NO. The molecule has 1 heterocycles. The predicted octanol–water partition coefficient (Wildman–Crippen LogP) is 3.78. The van der Waals surface area contributed by atoms with E-state index >= 15 is 0 Å². The second-order valence-electron chi connectivity index (χ2n) is 6.16. The van der Waals surface area contributed by atoms with Crippen LogP contribution in [0.15, 0.2) is 0 Å². The molecule has 1 aliphatic carbocycles. The second kappa shape index (κ2) is 6.75. The third-order valence-electron chi connectivity index (χ3n) is 4.57. The SMILES string of the molecule is NC1(CCCC2CCCO2)CCCCCCC1. The van der Waals surface area contributed by atoms with E-state index in [9.17, 15) is 0 Å². The molecule has 0 radical (unpaired) electrons. The molecule has 1 aliphatic heterocycles. The van der Waals surface area contributed by atoms with Gasteiger partial charge in [0.15, 0.2) is 0 Å². The molecule has 0 aromatic heterocycles. The van der Waals surface area contributed by atoms with Gasteiger partial charge in [0.05, 0.1) is 6.10 Å². The van der Waals surface area contributed by atoms with Crippen LogP contribution in [-0.4, -0.2) is 18.2 Å². The highest BCUT2D eigenvalue weighted by Gasteiger charge is 2.25. The van der Waals surface area contributed by atoms with Gasteiger partial charge in [-0.05, 0) is 44.9 Å². The first-order valence-electron chi connectivity index (χ1n) is 7.69. The Morgan fingerprint density at radius 3 is 2.35 bits per heavy atom. The summed E-state index contributed by atoms with van der Waals surface area (Å²) >= 11 is 0. The lowest BCUT2D eigenvalue weighted by Gasteiger charge is -2.31. The Morgan fingerprint density at radius 1 is 1.00 bits per heavy atom. The maximum absolute atomic E-state index is 6.57. The molecule has 1 unspecified atom stereocenters. The minimum atomic E-state index is 0.152. The third-order valence-corrected chi connectivity index (χ3v) is 4.57. The summed E-state index contributed by atoms with van der Waals surface area (Å²) in [5.41, 5.74) is 6.72. The summed E-state index contributed by atoms with van der Waals surface area (Å²) in [6.07, 6.45) is 16.2. The molecule has 0 aromatic rings. The Hall–Kier alpha value is -0.0800. The molecule has 2 heteroatoms. The van der Waals surface area contributed by atoms with Crippen molar-refractivity contribution in [3.05, 3.63) is 0 Å². The van der Waals surface area contributed by atoms with Crippen molar-refractivity contribution in [2.45, 2.75) is 88.7 Å². The molecule has 2 nitrogen and oxygen atoms in total. The first-order chi connectivity index (χ1) is 8.29. The molecule has 100 valence electrons. The van der Waals surface area contributed by atoms with Gasteiger partial charge in [-0.25, -0.2) is 0 Å². The van der Waals surface area contributed by atoms with Crippen molar-refractivity contribution >= 4 is 0 Å². The molecule has 1 saturated heterocycles. The molecule has 0 bridgehead atoms. The van der Waals surface area contributed by atoms with Crippen LogP contribution in [0.4, 0.5) is 0 Å². The summed E-state index contributed by atoms with van der Waals surface area (Å²) in [6.45, 7) is 0.985. The van der Waals surface area contributed by atoms with E-state index in [1.807, 2.05) is 0 Å². The Kier molecular flexibility index (Phi) is 5.30. The van der Waals surface area contributed by atoms with E-state index in [1.54, 1.807) is 0 Å². The quantitative estimate of drug-likeness (QED) is 0.810. The standard InChI is InChI=1S/C15H29NO/c16-15(10-4-2-1-3-5-11-15)12-6-8-14-9-7-13-17-14/h14H,1-13,16H2. The Balaban J connectivity index is 1.67. The van der Waals surface area contributed by atoms with Crippen molar-refractivity contribution in [2.75, 3.05) is 6.61 Å². The van der Waals surface area contributed by atoms with Gasteiger partial charge in [-0.1, -0.05) is 32.1 Å². The van der Waals surface area contributed by atoms with Crippen LogP contribution in [0.25, 0.3) is 0 Å². The Labute approximate surface area is 106 Å². The lowest BCUT2D eigenvalue weighted by atomic mass is 9.81. The van der Waals surface area contributed by atoms with Gasteiger partial charge >= 0.3 is 0 Å². The summed E-state index contributed by atoms with van der Waals surface area (Å²) in [6, 6.07) is 0. The summed E-state index contributed by atoms with van der Waals surface area (Å²) in [5, 5.41) is 0. The summed E-state index contributed by atoms with van der Waals surface area (Å²) in [4.78, 5) is 0. The lowest BCUT2D eigenvalue weighted by molar-refractivity contribution is 0.0993. The second-order valence-corrected chi connectivity index (χ2v) is 6.16. The van der Waals surface area contributed by atoms with Gasteiger partial charge in [0.2, 0.25) is 0 Å². The van der Waals surface area contributed by atoms with E-state index < -0.39 is 0 Å². The van der Waals surface area contributed by atoms with E-state index in [0.717, 1.165) is 6.61 Å². The van der Waals surface area contributed by atoms with Gasteiger partial charge in [-0.2, -0.15) is 0 Å². The topological polar surface area (TPSA) is 35.2 Å². The molecule has 1 saturated carbocycles. The summed E-state index contributed by atoms with van der Waals surface area (Å²) in [5.74, 6) is 0. The van der Waals surface area contributed by atoms with Gasteiger partial charge < -0.3 is 10.5 Å². The highest BCUT2D eigenvalue weighted by Crippen LogP contribution is 2.29. The maximum Gasteiger partial charge on any atom is 0.0576 e. The van der Waals surface area contributed by atoms with Crippen molar-refractivity contribution in [1.29, 1.82) is 0 Å². The number of hydrogen-bond donors (Lipinski definition) is 1. The van der Waals surface area contributed by atoms with Gasteiger partial charge in [0.1, 0.15) is 0 Å². The molecule has 0 amide bonds. The first-order valence-corrected chi connectivity index (χ1v) is 7.69. The van der Waals surface area contributed by atoms with Crippen LogP contribution in [0.2, 0.25) is 0 Å². The first kappa shape index (κ1) is 13.4. The van der Waals surface area contributed by atoms with Crippen molar-refractivity contribution in [3.8, 4) is 0 Å². The van der Waals surface area contributed by atoms with Crippen LogP contribution in [0.1, 0.15) is 77.0 Å². The summed E-state index contributed by atoms with van der Waals surface area (Å²) in [7, 11) is 0. The average Bonchev–Trinajstić information content (AvgIpc) is 2.77. The number of nitrogens with two attached hydrogens (primary N) is 1. The molecular weight excluding hydrogens is 210 g/mol. The zero-order valence-corrected chi connectivity index (χ0v) is 11.3. The Morgan fingerprint density at radius 2 is 1.71 bits per heavy atom. The van der Waals surface area contributed by atoms with Crippen molar-refractivity contribution < 1.29 is 4.74 Å². The molecule has 2 rings (SSSR count). The lowest BCUT2D eigenvalue weighted by Crippen LogP contribution is -2.40.